The molecule has 0 atom stereocenters. The normalized spacial score (nSPS) is 21.4. The molecule has 1 fully saturated rings. The van der Waals surface area contributed by atoms with Gasteiger partial charge in [0.15, 0.2) is 0 Å². The van der Waals surface area contributed by atoms with Crippen molar-refractivity contribution in [3.63, 3.8) is 0 Å². The minimum absolute atomic E-state index is 0.131. The molecule has 0 bridgehead atoms. The molecule has 18 heavy (non-hydrogen) atoms. The summed E-state index contributed by atoms with van der Waals surface area (Å²) in [7, 11) is 0. The maximum atomic E-state index is 12.5. The van der Waals surface area contributed by atoms with E-state index < -0.39 is 11.7 Å². The largest absolute Gasteiger partial charge is 0.416 e. The molecule has 0 aromatic heterocycles. The molecule has 100 valence electrons. The van der Waals surface area contributed by atoms with E-state index >= 15 is 0 Å². The van der Waals surface area contributed by atoms with Gasteiger partial charge in [-0.3, -0.25) is 0 Å². The van der Waals surface area contributed by atoms with Gasteiger partial charge in [-0.2, -0.15) is 13.2 Å². The molecule has 0 aliphatic heterocycles. The van der Waals surface area contributed by atoms with E-state index in [4.69, 9.17) is 5.73 Å². The molecular formula is C14H18F3N. The quantitative estimate of drug-likeness (QED) is 0.858. The molecule has 1 aromatic rings. The first-order chi connectivity index (χ1) is 8.19. The van der Waals surface area contributed by atoms with Crippen molar-refractivity contribution in [2.75, 3.05) is 6.54 Å². The van der Waals surface area contributed by atoms with Crippen LogP contribution in [-0.4, -0.2) is 6.54 Å². The van der Waals surface area contributed by atoms with Crippen LogP contribution in [0.2, 0.25) is 0 Å². The fourth-order valence-corrected chi connectivity index (χ4v) is 3.26. The van der Waals surface area contributed by atoms with E-state index in [1.54, 1.807) is 12.1 Å². The third kappa shape index (κ3) is 2.26. The molecule has 0 radical (unpaired) electrons. The van der Waals surface area contributed by atoms with Gasteiger partial charge in [-0.15, -0.1) is 0 Å². The van der Waals surface area contributed by atoms with Crippen molar-refractivity contribution in [2.24, 2.45) is 11.1 Å². The highest BCUT2D eigenvalue weighted by atomic mass is 19.4. The summed E-state index contributed by atoms with van der Waals surface area (Å²) in [6.07, 6.45) is -2.41. The molecule has 1 aliphatic rings. The number of hydrogen-bond donors (Lipinski definition) is 1. The molecule has 1 aromatic carbocycles. The van der Waals surface area contributed by atoms with Crippen molar-refractivity contribution >= 4 is 0 Å². The minimum atomic E-state index is -4.27. The average molecular weight is 257 g/mol. The van der Waals surface area contributed by atoms with Gasteiger partial charge in [0.2, 0.25) is 0 Å². The second-order valence-electron chi connectivity index (χ2n) is 6.08. The van der Waals surface area contributed by atoms with Crippen LogP contribution in [0.5, 0.6) is 0 Å². The van der Waals surface area contributed by atoms with E-state index in [-0.39, 0.29) is 10.8 Å². The van der Waals surface area contributed by atoms with Crippen molar-refractivity contribution in [1.29, 1.82) is 0 Å². The molecule has 1 nitrogen and oxygen atoms in total. The first-order valence-corrected chi connectivity index (χ1v) is 6.06. The second-order valence-corrected chi connectivity index (χ2v) is 6.08. The maximum Gasteiger partial charge on any atom is 0.416 e. The minimum Gasteiger partial charge on any atom is -0.330 e. The van der Waals surface area contributed by atoms with Crippen molar-refractivity contribution in [3.8, 4) is 0 Å². The van der Waals surface area contributed by atoms with Crippen LogP contribution >= 0.6 is 0 Å². The van der Waals surface area contributed by atoms with Gasteiger partial charge >= 0.3 is 6.18 Å². The summed E-state index contributed by atoms with van der Waals surface area (Å²) in [4.78, 5) is 0. The molecule has 0 saturated heterocycles. The van der Waals surface area contributed by atoms with Gasteiger partial charge in [0.05, 0.1) is 5.56 Å². The van der Waals surface area contributed by atoms with E-state index in [2.05, 4.69) is 13.8 Å². The highest BCUT2D eigenvalue weighted by Gasteiger charge is 2.49. The Kier molecular flexibility index (Phi) is 2.97. The molecule has 0 heterocycles. The zero-order chi connectivity index (χ0) is 13.6. The lowest BCUT2D eigenvalue weighted by atomic mass is 9.52. The first kappa shape index (κ1) is 13.4. The number of benzene rings is 1. The van der Waals surface area contributed by atoms with Gasteiger partial charge in [-0.1, -0.05) is 26.0 Å². The van der Waals surface area contributed by atoms with Crippen LogP contribution in [-0.2, 0) is 11.6 Å². The van der Waals surface area contributed by atoms with Crippen LogP contribution in [0.3, 0.4) is 0 Å². The van der Waals surface area contributed by atoms with Crippen molar-refractivity contribution in [1.82, 2.24) is 0 Å². The third-order valence-corrected chi connectivity index (χ3v) is 3.85. The maximum absolute atomic E-state index is 12.5. The van der Waals surface area contributed by atoms with Crippen LogP contribution in [0.25, 0.3) is 0 Å². The standard InChI is InChI=1S/C14H18F3N/c1-12(2)7-13(8-12,9-18)10-3-5-11(6-4-10)14(15,16)17/h3-6H,7-9,18H2,1-2H3. The summed E-state index contributed by atoms with van der Waals surface area (Å²) < 4.78 is 37.5. The predicted molar refractivity (Wildman–Crippen MR) is 65.2 cm³/mol. The number of rotatable bonds is 2. The second kappa shape index (κ2) is 3.98. The molecule has 2 rings (SSSR count). The number of nitrogens with two attached hydrogens (primary N) is 1. The highest BCUT2D eigenvalue weighted by Crippen LogP contribution is 2.54. The molecule has 0 unspecified atom stereocenters. The Morgan fingerprint density at radius 2 is 1.61 bits per heavy atom. The molecule has 4 heteroatoms. The Balaban J connectivity index is 2.25. The monoisotopic (exact) mass is 257 g/mol. The van der Waals surface area contributed by atoms with Crippen LogP contribution < -0.4 is 5.73 Å². The Bertz CT molecular complexity index is 423. The molecule has 1 aliphatic carbocycles. The Labute approximate surface area is 105 Å². The zero-order valence-electron chi connectivity index (χ0n) is 10.6. The van der Waals surface area contributed by atoms with Gasteiger partial charge in [0.1, 0.15) is 0 Å². The summed E-state index contributed by atoms with van der Waals surface area (Å²) in [5.41, 5.74) is 6.26. The highest BCUT2D eigenvalue weighted by molar-refractivity contribution is 5.34. The summed E-state index contributed by atoms with van der Waals surface area (Å²) in [5.74, 6) is 0. The molecule has 2 N–H and O–H groups in total. The van der Waals surface area contributed by atoms with Crippen LogP contribution in [0.1, 0.15) is 37.8 Å². The molecule has 0 amide bonds. The van der Waals surface area contributed by atoms with Gasteiger partial charge in [0, 0.05) is 12.0 Å². The SMILES string of the molecule is CC1(C)CC(CN)(c2ccc(C(F)(F)F)cc2)C1. The van der Waals surface area contributed by atoms with Crippen molar-refractivity contribution in [2.45, 2.75) is 38.3 Å². The fourth-order valence-electron chi connectivity index (χ4n) is 3.26. The lowest BCUT2D eigenvalue weighted by Crippen LogP contribution is -2.51. The van der Waals surface area contributed by atoms with Crippen molar-refractivity contribution < 1.29 is 13.2 Å². The van der Waals surface area contributed by atoms with E-state index in [1.165, 1.54) is 0 Å². The third-order valence-electron chi connectivity index (χ3n) is 3.85. The lowest BCUT2D eigenvalue weighted by Gasteiger charge is -2.53. The van der Waals surface area contributed by atoms with Crippen LogP contribution in [0, 0.1) is 5.41 Å². The Hall–Kier alpha value is -1.03. The van der Waals surface area contributed by atoms with Crippen LogP contribution in [0.4, 0.5) is 13.2 Å². The average Bonchev–Trinajstić information content (AvgIpc) is 2.24. The van der Waals surface area contributed by atoms with Gasteiger partial charge in [-0.25, -0.2) is 0 Å². The smallest absolute Gasteiger partial charge is 0.330 e. The summed E-state index contributed by atoms with van der Waals surface area (Å²) in [6.45, 7) is 4.80. The lowest BCUT2D eigenvalue weighted by molar-refractivity contribution is -0.137. The number of alkyl halides is 3. The van der Waals surface area contributed by atoms with Crippen LogP contribution in [0.15, 0.2) is 24.3 Å². The topological polar surface area (TPSA) is 26.0 Å². The first-order valence-electron chi connectivity index (χ1n) is 6.06. The molecule has 1 saturated carbocycles. The van der Waals surface area contributed by atoms with Gasteiger partial charge in [0.25, 0.3) is 0 Å². The molecular weight excluding hydrogens is 239 g/mol. The zero-order valence-corrected chi connectivity index (χ0v) is 10.6. The summed E-state index contributed by atoms with van der Waals surface area (Å²) in [6, 6.07) is 5.45. The molecule has 0 spiro atoms. The van der Waals surface area contributed by atoms with Crippen molar-refractivity contribution in [3.05, 3.63) is 35.4 Å². The predicted octanol–water partition coefficient (Wildman–Crippen LogP) is 3.72. The van der Waals surface area contributed by atoms with E-state index in [0.29, 0.717) is 6.54 Å². The van der Waals surface area contributed by atoms with E-state index in [1.807, 2.05) is 0 Å². The Morgan fingerprint density at radius 1 is 1.11 bits per heavy atom. The van der Waals surface area contributed by atoms with E-state index in [9.17, 15) is 13.2 Å². The number of halogens is 3. The fraction of sp³-hybridized carbons (Fsp3) is 0.571. The Morgan fingerprint density at radius 3 is 1.94 bits per heavy atom. The van der Waals surface area contributed by atoms with Gasteiger partial charge in [-0.05, 0) is 36.0 Å². The van der Waals surface area contributed by atoms with E-state index in [0.717, 1.165) is 30.5 Å². The number of hydrogen-bond acceptors (Lipinski definition) is 1. The van der Waals surface area contributed by atoms with Gasteiger partial charge < -0.3 is 5.73 Å². The summed E-state index contributed by atoms with van der Waals surface area (Å²) >= 11 is 0. The summed E-state index contributed by atoms with van der Waals surface area (Å²) in [5, 5.41) is 0.